The standard InChI is InChI=1S/C14H13F3O3.HNO/c1-19-7-13-5-8-2-3-9(14(15,16)17)4-10(8)12(13)20-11(18)6-13;1-2/h2-4,12H,5-7H2,1H3;1H/t12?,13-;/m1./s1. The first kappa shape index (κ1) is 16.4. The lowest BCUT2D eigenvalue weighted by Crippen LogP contribution is -2.27. The van der Waals surface area contributed by atoms with Crippen molar-refractivity contribution in [1.29, 1.82) is 5.59 Å². The molecule has 0 radical (unpaired) electrons. The second-order valence-corrected chi connectivity index (χ2v) is 5.43. The minimum absolute atomic E-state index is 0.182. The molecule has 1 heterocycles. The zero-order chi connectivity index (χ0) is 16.5. The van der Waals surface area contributed by atoms with E-state index in [1.54, 1.807) is 0 Å². The van der Waals surface area contributed by atoms with Gasteiger partial charge in [0.2, 0.25) is 0 Å². The van der Waals surface area contributed by atoms with Crippen LogP contribution in [0.4, 0.5) is 13.2 Å². The number of alkyl halides is 3. The molecule has 22 heavy (non-hydrogen) atoms. The number of rotatable bonds is 2. The van der Waals surface area contributed by atoms with Crippen LogP contribution < -0.4 is 0 Å². The lowest BCUT2D eigenvalue weighted by atomic mass is 9.82. The molecule has 2 atom stereocenters. The third-order valence-corrected chi connectivity index (χ3v) is 4.03. The average molecular weight is 317 g/mol. The molecule has 5 nitrogen and oxygen atoms in total. The van der Waals surface area contributed by atoms with E-state index >= 15 is 0 Å². The Labute approximate surface area is 124 Å². The number of hydrogen-bond donors (Lipinski definition) is 1. The first-order valence-corrected chi connectivity index (χ1v) is 6.45. The van der Waals surface area contributed by atoms with Crippen LogP contribution in [0.2, 0.25) is 0 Å². The fourth-order valence-electron chi connectivity index (χ4n) is 3.25. The summed E-state index contributed by atoms with van der Waals surface area (Å²) in [6.45, 7) is 0.291. The minimum atomic E-state index is -4.40. The Bertz CT molecular complexity index is 590. The van der Waals surface area contributed by atoms with Crippen molar-refractivity contribution < 1.29 is 27.4 Å². The molecule has 1 aromatic carbocycles. The smallest absolute Gasteiger partial charge is 0.416 e. The molecule has 0 amide bonds. The number of methoxy groups -OCH3 is 1. The predicted octanol–water partition coefficient (Wildman–Crippen LogP) is 3.21. The van der Waals surface area contributed by atoms with Gasteiger partial charge in [-0.2, -0.15) is 18.1 Å². The van der Waals surface area contributed by atoms with Crippen molar-refractivity contribution in [3.05, 3.63) is 39.8 Å². The van der Waals surface area contributed by atoms with Crippen molar-refractivity contribution in [1.82, 2.24) is 0 Å². The molecular formula is C14H14F3NO4. The quantitative estimate of drug-likeness (QED) is 0.671. The fourth-order valence-corrected chi connectivity index (χ4v) is 3.25. The molecule has 2 aliphatic rings. The Morgan fingerprint density at radius 2 is 2.05 bits per heavy atom. The van der Waals surface area contributed by atoms with E-state index in [4.69, 9.17) is 14.4 Å². The summed E-state index contributed by atoms with van der Waals surface area (Å²) in [4.78, 5) is 19.0. The van der Waals surface area contributed by atoms with Gasteiger partial charge in [-0.25, -0.2) is 0 Å². The second kappa shape index (κ2) is 5.68. The Morgan fingerprint density at radius 3 is 2.64 bits per heavy atom. The Balaban J connectivity index is 0.000000847. The maximum absolute atomic E-state index is 12.8. The number of ether oxygens (including phenoxy) is 2. The van der Waals surface area contributed by atoms with E-state index in [0.717, 1.165) is 17.7 Å². The van der Waals surface area contributed by atoms with Crippen molar-refractivity contribution in [2.45, 2.75) is 25.1 Å². The second-order valence-electron chi connectivity index (χ2n) is 5.43. The lowest BCUT2D eigenvalue weighted by Gasteiger charge is -2.25. The van der Waals surface area contributed by atoms with Gasteiger partial charge in [0.1, 0.15) is 6.10 Å². The number of nitrogens with one attached hydrogen (secondary N) is 1. The first-order chi connectivity index (χ1) is 10.4. The molecule has 0 spiro atoms. The van der Waals surface area contributed by atoms with Crippen LogP contribution in [-0.4, -0.2) is 19.7 Å². The zero-order valence-electron chi connectivity index (χ0n) is 11.7. The van der Waals surface area contributed by atoms with Gasteiger partial charge in [0, 0.05) is 12.5 Å². The molecule has 120 valence electrons. The van der Waals surface area contributed by atoms with Crippen molar-refractivity contribution in [3.63, 3.8) is 0 Å². The van der Waals surface area contributed by atoms with Crippen LogP contribution in [0.25, 0.3) is 0 Å². The molecule has 1 aromatic rings. The number of hydrogen-bond acceptors (Lipinski definition) is 5. The van der Waals surface area contributed by atoms with E-state index in [2.05, 4.69) is 5.59 Å². The molecule has 8 heteroatoms. The van der Waals surface area contributed by atoms with E-state index in [1.807, 2.05) is 0 Å². The number of esters is 1. The molecule has 1 aliphatic carbocycles. The van der Waals surface area contributed by atoms with Gasteiger partial charge in [-0.1, -0.05) is 11.7 Å². The Kier molecular flexibility index (Phi) is 4.23. The van der Waals surface area contributed by atoms with Crippen LogP contribution in [0, 0.1) is 15.9 Å². The molecular weight excluding hydrogens is 303 g/mol. The summed E-state index contributed by atoms with van der Waals surface area (Å²) in [5, 5.41) is 0. The predicted molar refractivity (Wildman–Crippen MR) is 69.0 cm³/mol. The van der Waals surface area contributed by atoms with Crippen LogP contribution in [0.15, 0.2) is 18.2 Å². The largest absolute Gasteiger partial charge is 0.457 e. The number of benzene rings is 1. The summed E-state index contributed by atoms with van der Waals surface area (Å²) < 4.78 is 48.8. The van der Waals surface area contributed by atoms with Crippen LogP contribution in [0.1, 0.15) is 29.2 Å². The normalized spacial score (nSPS) is 25.8. The lowest BCUT2D eigenvalue weighted by molar-refractivity contribution is -0.142. The highest BCUT2D eigenvalue weighted by molar-refractivity contribution is 5.74. The van der Waals surface area contributed by atoms with E-state index < -0.39 is 23.3 Å². The number of carbonyl (C=O) groups excluding carboxylic acids is 1. The topological polar surface area (TPSA) is 76.5 Å². The summed E-state index contributed by atoms with van der Waals surface area (Å²) in [6.07, 6.45) is -4.34. The van der Waals surface area contributed by atoms with Crippen LogP contribution in [0.5, 0.6) is 0 Å². The van der Waals surface area contributed by atoms with Gasteiger partial charge in [-0.3, -0.25) is 4.79 Å². The maximum atomic E-state index is 12.8. The molecule has 3 rings (SSSR count). The summed E-state index contributed by atoms with van der Waals surface area (Å²) in [6, 6.07) is 3.64. The van der Waals surface area contributed by atoms with Gasteiger partial charge in [0.15, 0.2) is 0 Å². The van der Waals surface area contributed by atoms with E-state index in [9.17, 15) is 18.0 Å². The molecule has 0 saturated carbocycles. The SMILES string of the molecule is COC[C@@]12CC(=O)OC1c1cc(C(F)(F)F)ccc1C2.N=O. The van der Waals surface area contributed by atoms with Gasteiger partial charge in [-0.05, 0) is 29.7 Å². The van der Waals surface area contributed by atoms with Gasteiger partial charge in [0.05, 0.1) is 18.6 Å². The van der Waals surface area contributed by atoms with Crippen LogP contribution in [-0.2, 0) is 26.9 Å². The number of carbonyl (C=O) groups is 1. The van der Waals surface area contributed by atoms with Crippen molar-refractivity contribution >= 4 is 5.97 Å². The van der Waals surface area contributed by atoms with Crippen molar-refractivity contribution in [2.75, 3.05) is 13.7 Å². The summed E-state index contributed by atoms with van der Waals surface area (Å²) in [7, 11) is 1.51. The molecule has 0 bridgehead atoms. The van der Waals surface area contributed by atoms with Crippen molar-refractivity contribution in [3.8, 4) is 0 Å². The molecule has 0 aromatic heterocycles. The maximum Gasteiger partial charge on any atom is 0.416 e. The van der Waals surface area contributed by atoms with Crippen LogP contribution in [0.3, 0.4) is 0 Å². The molecule has 1 saturated heterocycles. The highest BCUT2D eigenvalue weighted by Crippen LogP contribution is 2.55. The zero-order valence-corrected chi connectivity index (χ0v) is 11.7. The number of nitroso groups, excluding NO2 is 1. The summed E-state index contributed by atoms with van der Waals surface area (Å²) in [5.41, 5.74) is 4.49. The van der Waals surface area contributed by atoms with Gasteiger partial charge >= 0.3 is 12.1 Å². The van der Waals surface area contributed by atoms with E-state index in [1.165, 1.54) is 13.2 Å². The summed E-state index contributed by atoms with van der Waals surface area (Å²) in [5.74, 6) is -0.380. The fraction of sp³-hybridized carbons (Fsp3) is 0.500. The van der Waals surface area contributed by atoms with Gasteiger partial charge in [0.25, 0.3) is 0 Å². The average Bonchev–Trinajstić information content (AvgIpc) is 2.90. The minimum Gasteiger partial charge on any atom is -0.457 e. The summed E-state index contributed by atoms with van der Waals surface area (Å²) >= 11 is 0. The molecule has 1 fully saturated rings. The number of fused-ring (bicyclic) bond motifs is 3. The third-order valence-electron chi connectivity index (χ3n) is 4.03. The van der Waals surface area contributed by atoms with E-state index in [-0.39, 0.29) is 12.4 Å². The molecule has 1 aliphatic heterocycles. The van der Waals surface area contributed by atoms with Gasteiger partial charge < -0.3 is 9.47 Å². The van der Waals surface area contributed by atoms with Gasteiger partial charge in [-0.15, -0.1) is 0 Å². The van der Waals surface area contributed by atoms with E-state index in [0.29, 0.717) is 18.6 Å². The van der Waals surface area contributed by atoms with Crippen LogP contribution >= 0.6 is 0 Å². The van der Waals surface area contributed by atoms with Crippen molar-refractivity contribution in [2.24, 2.45) is 5.41 Å². The molecule has 1 unspecified atom stereocenters. The number of halogens is 3. The Hall–Kier alpha value is -1.96. The highest BCUT2D eigenvalue weighted by Gasteiger charge is 2.55. The highest BCUT2D eigenvalue weighted by atomic mass is 19.4. The molecule has 1 N–H and O–H groups in total. The first-order valence-electron chi connectivity index (χ1n) is 6.45. The Morgan fingerprint density at radius 1 is 1.36 bits per heavy atom. The monoisotopic (exact) mass is 317 g/mol. The third kappa shape index (κ3) is 2.58.